The van der Waals surface area contributed by atoms with E-state index >= 15 is 4.39 Å². The number of hydrogen-bond acceptors (Lipinski definition) is 9. The van der Waals surface area contributed by atoms with Crippen molar-refractivity contribution >= 4 is 33.4 Å². The number of halogens is 2. The first-order valence-corrected chi connectivity index (χ1v) is 16.6. The van der Waals surface area contributed by atoms with E-state index in [1.54, 1.807) is 13.0 Å². The fourth-order valence-corrected chi connectivity index (χ4v) is 6.55. The second-order valence-corrected chi connectivity index (χ2v) is 13.8. The first kappa shape index (κ1) is 34.0. The van der Waals surface area contributed by atoms with Crippen molar-refractivity contribution in [3.8, 4) is 5.88 Å². The summed E-state index contributed by atoms with van der Waals surface area (Å²) in [5.74, 6) is -1.89. The van der Waals surface area contributed by atoms with E-state index in [4.69, 9.17) is 31.0 Å². The average Bonchev–Trinajstić information content (AvgIpc) is 3.42. The normalized spacial score (nSPS) is 21.8. The number of nitrogens with zero attached hydrogens (tertiary/aromatic N) is 3. The van der Waals surface area contributed by atoms with Crippen LogP contribution in [0, 0.1) is 11.8 Å². The highest BCUT2D eigenvalue weighted by molar-refractivity contribution is 7.89. The molecule has 3 N–H and O–H groups in total. The standard InChI is InChI=1S/C30H40ClFN4O7S/c1-18(19(2)44(33,39)40)7-10-24(32)27(41-3)26-21(11-13-42-26)16-36-12-5-4-6-20-14-23(31)9-8-22(20)17-43-29-28(36)35-25(15-34-29)30(37)38/h8-10,14-15,18-19,21,26-27H,4-7,11-13,16-17H2,1-3H3,(H,37,38)(H2,33,39,40)/b24-10-/t18-,19+,21-,26+,27?/m0/s1. The molecule has 1 unspecified atom stereocenters. The molecule has 2 aliphatic rings. The van der Waals surface area contributed by atoms with Gasteiger partial charge in [-0.2, -0.15) is 0 Å². The molecule has 0 bridgehead atoms. The van der Waals surface area contributed by atoms with E-state index in [0.717, 1.165) is 30.4 Å². The lowest BCUT2D eigenvalue weighted by atomic mass is 9.94. The smallest absolute Gasteiger partial charge is 0.356 e. The third-order valence-electron chi connectivity index (χ3n) is 8.44. The molecule has 0 radical (unpaired) electrons. The summed E-state index contributed by atoms with van der Waals surface area (Å²) in [4.78, 5) is 22.5. The molecule has 5 atom stereocenters. The van der Waals surface area contributed by atoms with Gasteiger partial charge in [-0.15, -0.1) is 0 Å². The van der Waals surface area contributed by atoms with E-state index in [0.29, 0.717) is 37.0 Å². The van der Waals surface area contributed by atoms with Gasteiger partial charge in [-0.25, -0.2) is 32.7 Å². The number of rotatable bonds is 10. The molecule has 0 aliphatic carbocycles. The molecule has 1 fully saturated rings. The molecule has 14 heteroatoms. The zero-order chi connectivity index (χ0) is 32.0. The fraction of sp³-hybridized carbons (Fsp3) is 0.567. The quantitative estimate of drug-likeness (QED) is 0.374. The molecular weight excluding hydrogens is 615 g/mol. The number of anilines is 1. The number of primary sulfonamides is 1. The van der Waals surface area contributed by atoms with Crippen molar-refractivity contribution in [1.82, 2.24) is 9.97 Å². The minimum Gasteiger partial charge on any atom is -0.476 e. The maximum absolute atomic E-state index is 15.5. The Labute approximate surface area is 262 Å². The highest BCUT2D eigenvalue weighted by Gasteiger charge is 2.39. The molecule has 0 amide bonds. The first-order chi connectivity index (χ1) is 20.9. The van der Waals surface area contributed by atoms with Crippen LogP contribution in [0.25, 0.3) is 0 Å². The topological polar surface area (TPSA) is 154 Å². The van der Waals surface area contributed by atoms with E-state index < -0.39 is 45.2 Å². The van der Waals surface area contributed by atoms with Crippen molar-refractivity contribution in [2.45, 2.75) is 70.0 Å². The lowest BCUT2D eigenvalue weighted by Gasteiger charge is -2.32. The molecule has 2 aliphatic heterocycles. The van der Waals surface area contributed by atoms with E-state index in [1.165, 1.54) is 26.3 Å². The minimum absolute atomic E-state index is 0.151. The number of sulfonamides is 1. The van der Waals surface area contributed by atoms with Crippen molar-refractivity contribution < 1.29 is 36.9 Å². The average molecular weight is 655 g/mol. The van der Waals surface area contributed by atoms with Crippen LogP contribution >= 0.6 is 11.6 Å². The summed E-state index contributed by atoms with van der Waals surface area (Å²) >= 11 is 6.25. The Morgan fingerprint density at radius 3 is 2.80 bits per heavy atom. The van der Waals surface area contributed by atoms with Crippen LogP contribution in [0.3, 0.4) is 0 Å². The van der Waals surface area contributed by atoms with Gasteiger partial charge in [0, 0.05) is 37.7 Å². The Balaban J connectivity index is 1.58. The van der Waals surface area contributed by atoms with Crippen LogP contribution in [0.1, 0.15) is 61.1 Å². The number of aryl methyl sites for hydroxylation is 1. The van der Waals surface area contributed by atoms with Gasteiger partial charge < -0.3 is 24.2 Å². The van der Waals surface area contributed by atoms with Crippen molar-refractivity contribution in [2.75, 3.05) is 31.7 Å². The van der Waals surface area contributed by atoms with Crippen molar-refractivity contribution in [2.24, 2.45) is 17.0 Å². The summed E-state index contributed by atoms with van der Waals surface area (Å²) in [6.07, 6.45) is 3.98. The van der Waals surface area contributed by atoms with Gasteiger partial charge in [0.05, 0.1) is 17.6 Å². The maximum Gasteiger partial charge on any atom is 0.356 e. The number of ether oxygens (including phenoxy) is 3. The second-order valence-electron chi connectivity index (χ2n) is 11.4. The van der Waals surface area contributed by atoms with Crippen LogP contribution in [0.15, 0.2) is 36.3 Å². The number of hydrogen-bond donors (Lipinski definition) is 2. The number of carboxylic acid groups (broad SMARTS) is 1. The Kier molecular flexibility index (Phi) is 11.6. The number of carboxylic acids is 1. The predicted octanol–water partition coefficient (Wildman–Crippen LogP) is 4.53. The Hall–Kier alpha value is -2.84. The Morgan fingerprint density at radius 1 is 1.32 bits per heavy atom. The van der Waals surface area contributed by atoms with Crippen LogP contribution in [-0.2, 0) is 32.5 Å². The van der Waals surface area contributed by atoms with E-state index in [-0.39, 0.29) is 30.5 Å². The van der Waals surface area contributed by atoms with Crippen LogP contribution in [-0.4, -0.2) is 73.7 Å². The van der Waals surface area contributed by atoms with Gasteiger partial charge in [-0.3, -0.25) is 0 Å². The summed E-state index contributed by atoms with van der Waals surface area (Å²) in [5, 5.41) is 14.7. The minimum atomic E-state index is -3.76. The monoisotopic (exact) mass is 654 g/mol. The molecule has 11 nitrogen and oxygen atoms in total. The molecule has 1 aromatic heterocycles. The number of aromatic nitrogens is 2. The fourth-order valence-electron chi connectivity index (χ4n) is 5.60. The number of benzene rings is 1. The van der Waals surface area contributed by atoms with Gasteiger partial charge in [0.15, 0.2) is 11.5 Å². The van der Waals surface area contributed by atoms with Crippen LogP contribution < -0.4 is 14.8 Å². The van der Waals surface area contributed by atoms with Gasteiger partial charge in [-0.1, -0.05) is 24.6 Å². The maximum atomic E-state index is 15.5. The summed E-state index contributed by atoms with van der Waals surface area (Å²) in [6, 6.07) is 5.65. The molecule has 4 rings (SSSR count). The zero-order valence-corrected chi connectivity index (χ0v) is 26.7. The van der Waals surface area contributed by atoms with Crippen molar-refractivity contribution in [3.63, 3.8) is 0 Å². The number of methoxy groups -OCH3 is 1. The molecule has 3 heterocycles. The molecular formula is C30H40ClFN4O7S. The van der Waals surface area contributed by atoms with E-state index in [2.05, 4.69) is 9.97 Å². The van der Waals surface area contributed by atoms with Crippen molar-refractivity contribution in [3.05, 3.63) is 58.1 Å². The molecule has 242 valence electrons. The number of allylic oxidation sites excluding steroid dienone is 1. The van der Waals surface area contributed by atoms with Gasteiger partial charge in [0.25, 0.3) is 5.88 Å². The van der Waals surface area contributed by atoms with Gasteiger partial charge in [-0.05, 0) is 74.3 Å². The van der Waals surface area contributed by atoms with Crippen LogP contribution in [0.5, 0.6) is 5.88 Å². The molecule has 0 saturated carbocycles. The summed E-state index contributed by atoms with van der Waals surface area (Å²) < 4.78 is 56.7. The number of aromatic carboxylic acids is 1. The van der Waals surface area contributed by atoms with Gasteiger partial charge in [0.1, 0.15) is 18.5 Å². The van der Waals surface area contributed by atoms with E-state index in [9.17, 15) is 18.3 Å². The largest absolute Gasteiger partial charge is 0.476 e. The lowest BCUT2D eigenvalue weighted by molar-refractivity contribution is -0.0321. The van der Waals surface area contributed by atoms with E-state index in [1.807, 2.05) is 17.0 Å². The zero-order valence-electron chi connectivity index (χ0n) is 25.1. The van der Waals surface area contributed by atoms with Gasteiger partial charge in [0.2, 0.25) is 10.0 Å². The number of nitrogens with two attached hydrogens (primary N) is 1. The Bertz CT molecular complexity index is 1460. The second kappa shape index (κ2) is 15.0. The van der Waals surface area contributed by atoms with Crippen LogP contribution in [0.4, 0.5) is 10.2 Å². The molecule has 2 aromatic rings. The summed E-state index contributed by atoms with van der Waals surface area (Å²) in [6.45, 7) is 4.67. The first-order valence-electron chi connectivity index (χ1n) is 14.7. The molecule has 1 saturated heterocycles. The predicted molar refractivity (Wildman–Crippen MR) is 164 cm³/mol. The van der Waals surface area contributed by atoms with Crippen molar-refractivity contribution in [1.29, 1.82) is 0 Å². The Morgan fingerprint density at radius 2 is 2.09 bits per heavy atom. The third-order valence-corrected chi connectivity index (χ3v) is 10.2. The summed E-state index contributed by atoms with van der Waals surface area (Å²) in [5.41, 5.74) is 1.81. The van der Waals surface area contributed by atoms with Crippen LogP contribution in [0.2, 0.25) is 5.02 Å². The molecule has 44 heavy (non-hydrogen) atoms. The van der Waals surface area contributed by atoms with Gasteiger partial charge >= 0.3 is 5.97 Å². The highest BCUT2D eigenvalue weighted by atomic mass is 35.5. The highest BCUT2D eigenvalue weighted by Crippen LogP contribution is 2.34. The lowest BCUT2D eigenvalue weighted by Crippen LogP contribution is -2.41. The SMILES string of the molecule is COC(/C(F)=C/C[C@H](C)[C@@H](C)S(N)(=O)=O)[C@@H]1OCC[C@H]1CN1CCCCc2cc(Cl)ccc2COc2ncc(C(=O)O)nc21. The summed E-state index contributed by atoms with van der Waals surface area (Å²) in [7, 11) is -2.36. The molecule has 0 spiro atoms. The molecule has 1 aromatic carbocycles. The number of carbonyl (C=O) groups is 1. The third kappa shape index (κ3) is 8.45. The number of fused-ring (bicyclic) bond motifs is 2.